The van der Waals surface area contributed by atoms with Gasteiger partial charge in [0.25, 0.3) is 0 Å². The third-order valence-corrected chi connectivity index (χ3v) is 3.43. The molecule has 1 aromatic rings. The van der Waals surface area contributed by atoms with Crippen molar-refractivity contribution in [3.05, 3.63) is 34.9 Å². The lowest BCUT2D eigenvalue weighted by Crippen LogP contribution is -2.38. The Morgan fingerprint density at radius 2 is 1.86 bits per heavy atom. The summed E-state index contributed by atoms with van der Waals surface area (Å²) in [4.78, 5) is 23.9. The lowest BCUT2D eigenvalue weighted by molar-refractivity contribution is -0.121. The molecule has 4 nitrogen and oxygen atoms in total. The monoisotopic (exact) mass is 326 g/mol. The van der Waals surface area contributed by atoms with Crippen LogP contribution in [0, 0.1) is 13.8 Å². The van der Waals surface area contributed by atoms with E-state index in [-0.39, 0.29) is 43.0 Å². The summed E-state index contributed by atoms with van der Waals surface area (Å²) in [7, 11) is 0. The molecule has 0 radical (unpaired) electrons. The lowest BCUT2D eigenvalue weighted by atomic mass is 9.99. The number of carbonyl (C=O) groups excluding carboxylic acids is 2. The van der Waals surface area contributed by atoms with E-state index in [1.54, 1.807) is 0 Å². The Balaban J connectivity index is 0.00000441. The molecule has 0 aliphatic carbocycles. The molecule has 5 heteroatoms. The van der Waals surface area contributed by atoms with Crippen LogP contribution in [0.15, 0.2) is 18.2 Å². The van der Waals surface area contributed by atoms with Crippen molar-refractivity contribution in [1.29, 1.82) is 0 Å². The van der Waals surface area contributed by atoms with Gasteiger partial charge in [-0.25, -0.2) is 0 Å². The summed E-state index contributed by atoms with van der Waals surface area (Å²) in [5, 5.41) is 6.07. The average Bonchev–Trinajstić information content (AvgIpc) is 2.45. The molecule has 0 fully saturated rings. The summed E-state index contributed by atoms with van der Waals surface area (Å²) in [5.41, 5.74) is 2.75. The highest BCUT2D eigenvalue weighted by Gasteiger charge is 2.12. The molecular weight excluding hydrogens is 300 g/mol. The molecule has 1 amide bonds. The van der Waals surface area contributed by atoms with Gasteiger partial charge in [-0.2, -0.15) is 0 Å². The number of ketones is 1. The second-order valence-electron chi connectivity index (χ2n) is 5.50. The Labute approximate surface area is 139 Å². The normalized spacial score (nSPS) is 11.5. The number of hydrogen-bond donors (Lipinski definition) is 2. The molecule has 1 aromatic carbocycles. The van der Waals surface area contributed by atoms with E-state index in [2.05, 4.69) is 10.6 Å². The number of halogens is 1. The molecule has 0 saturated carbocycles. The van der Waals surface area contributed by atoms with Crippen molar-refractivity contribution < 1.29 is 9.59 Å². The zero-order chi connectivity index (χ0) is 15.8. The molecular formula is C17H27ClN2O2. The smallest absolute Gasteiger partial charge is 0.220 e. The third kappa shape index (κ3) is 7.05. The predicted molar refractivity (Wildman–Crippen MR) is 92.9 cm³/mol. The van der Waals surface area contributed by atoms with Crippen LogP contribution < -0.4 is 10.6 Å². The van der Waals surface area contributed by atoms with Gasteiger partial charge in [0.05, 0.1) is 0 Å². The average molecular weight is 327 g/mol. The topological polar surface area (TPSA) is 58.2 Å². The highest BCUT2D eigenvalue weighted by atomic mass is 35.5. The molecule has 0 bridgehead atoms. The van der Waals surface area contributed by atoms with E-state index in [0.717, 1.165) is 23.2 Å². The van der Waals surface area contributed by atoms with Crippen LogP contribution in [-0.4, -0.2) is 30.8 Å². The van der Waals surface area contributed by atoms with E-state index in [9.17, 15) is 9.59 Å². The predicted octanol–water partition coefficient (Wildman–Crippen LogP) is 2.80. The molecule has 124 valence electrons. The van der Waals surface area contributed by atoms with Gasteiger partial charge < -0.3 is 10.6 Å². The number of rotatable bonds is 8. The maximum atomic E-state index is 12.2. The van der Waals surface area contributed by atoms with E-state index < -0.39 is 0 Å². The molecule has 0 aliphatic heterocycles. The summed E-state index contributed by atoms with van der Waals surface area (Å²) < 4.78 is 0. The Kier molecular flexibility index (Phi) is 9.70. The van der Waals surface area contributed by atoms with Crippen molar-refractivity contribution >= 4 is 24.1 Å². The minimum atomic E-state index is -0.0709. The second-order valence-corrected chi connectivity index (χ2v) is 5.50. The molecule has 0 unspecified atom stereocenters. The van der Waals surface area contributed by atoms with Gasteiger partial charge in [0, 0.05) is 31.0 Å². The fourth-order valence-corrected chi connectivity index (χ4v) is 2.17. The van der Waals surface area contributed by atoms with Crippen LogP contribution in [-0.2, 0) is 4.79 Å². The number of Topliss-reactive ketones (excluding diaryl/α,β-unsaturated/α-hetero) is 1. The van der Waals surface area contributed by atoms with Crippen LogP contribution in [0.5, 0.6) is 0 Å². The van der Waals surface area contributed by atoms with E-state index in [4.69, 9.17) is 0 Å². The van der Waals surface area contributed by atoms with Crippen LogP contribution in [0.3, 0.4) is 0 Å². The largest absolute Gasteiger partial charge is 0.355 e. The Morgan fingerprint density at radius 3 is 2.50 bits per heavy atom. The molecule has 0 heterocycles. The Morgan fingerprint density at radius 1 is 1.18 bits per heavy atom. The number of likely N-dealkylation sites (N-methyl/N-ethyl adjacent to an activating group) is 1. The highest BCUT2D eigenvalue weighted by Crippen LogP contribution is 2.13. The molecule has 22 heavy (non-hydrogen) atoms. The van der Waals surface area contributed by atoms with E-state index in [0.29, 0.717) is 6.54 Å². The number of aryl methyl sites for hydroxylation is 2. The van der Waals surface area contributed by atoms with Gasteiger partial charge in [-0.05, 0) is 38.9 Å². The van der Waals surface area contributed by atoms with Crippen molar-refractivity contribution in [3.8, 4) is 0 Å². The first-order valence-electron chi connectivity index (χ1n) is 7.54. The minimum absolute atomic E-state index is 0. The molecule has 1 rings (SSSR count). The minimum Gasteiger partial charge on any atom is -0.355 e. The molecule has 0 aromatic heterocycles. The van der Waals surface area contributed by atoms with E-state index >= 15 is 0 Å². The van der Waals surface area contributed by atoms with Crippen molar-refractivity contribution in [2.45, 2.75) is 46.6 Å². The fraction of sp³-hybridized carbons (Fsp3) is 0.529. The SMILES string of the molecule is CCN[C@H](C)CNC(=O)CCC(=O)c1cc(C)ccc1C.Cl. The summed E-state index contributed by atoms with van der Waals surface area (Å²) in [6.45, 7) is 9.40. The standard InChI is InChI=1S/C17H26N2O2.ClH/c1-5-18-14(4)11-19-17(21)9-8-16(20)15-10-12(2)6-7-13(15)3;/h6-7,10,14,18H,5,8-9,11H2,1-4H3,(H,19,21);1H/t14-;/m1./s1. The number of benzene rings is 1. The van der Waals surface area contributed by atoms with E-state index in [1.165, 1.54) is 0 Å². The number of amides is 1. The summed E-state index contributed by atoms with van der Waals surface area (Å²) in [6, 6.07) is 6.07. The fourth-order valence-electron chi connectivity index (χ4n) is 2.17. The summed E-state index contributed by atoms with van der Waals surface area (Å²) >= 11 is 0. The summed E-state index contributed by atoms with van der Waals surface area (Å²) in [6.07, 6.45) is 0.497. The van der Waals surface area contributed by atoms with Gasteiger partial charge in [-0.1, -0.05) is 24.6 Å². The molecule has 0 spiro atoms. The zero-order valence-corrected chi connectivity index (χ0v) is 14.7. The second kappa shape index (κ2) is 10.4. The first-order valence-corrected chi connectivity index (χ1v) is 7.54. The third-order valence-electron chi connectivity index (χ3n) is 3.43. The molecule has 1 atom stereocenters. The molecule has 0 aliphatic rings. The Hall–Kier alpha value is -1.39. The highest BCUT2D eigenvalue weighted by molar-refractivity contribution is 5.99. The maximum absolute atomic E-state index is 12.2. The van der Waals surface area contributed by atoms with Crippen molar-refractivity contribution in [3.63, 3.8) is 0 Å². The van der Waals surface area contributed by atoms with Gasteiger partial charge in [-0.3, -0.25) is 9.59 Å². The number of hydrogen-bond acceptors (Lipinski definition) is 3. The molecule has 2 N–H and O–H groups in total. The van der Waals surface area contributed by atoms with Gasteiger partial charge >= 0.3 is 0 Å². The van der Waals surface area contributed by atoms with E-state index in [1.807, 2.05) is 45.9 Å². The van der Waals surface area contributed by atoms with Gasteiger partial charge in [0.2, 0.25) is 5.91 Å². The van der Waals surface area contributed by atoms with Crippen molar-refractivity contribution in [1.82, 2.24) is 10.6 Å². The van der Waals surface area contributed by atoms with Crippen LogP contribution in [0.1, 0.15) is 48.2 Å². The van der Waals surface area contributed by atoms with Crippen LogP contribution in [0.4, 0.5) is 0 Å². The van der Waals surface area contributed by atoms with Crippen LogP contribution >= 0.6 is 12.4 Å². The number of nitrogens with one attached hydrogen (secondary N) is 2. The van der Waals surface area contributed by atoms with Gasteiger partial charge in [-0.15, -0.1) is 12.4 Å². The van der Waals surface area contributed by atoms with Crippen molar-refractivity contribution in [2.75, 3.05) is 13.1 Å². The molecule has 0 saturated heterocycles. The van der Waals surface area contributed by atoms with Crippen molar-refractivity contribution in [2.24, 2.45) is 0 Å². The summed E-state index contributed by atoms with van der Waals surface area (Å²) in [5.74, 6) is -0.0375. The first-order chi connectivity index (χ1) is 9.93. The van der Waals surface area contributed by atoms with Gasteiger partial charge in [0.15, 0.2) is 5.78 Å². The lowest BCUT2D eigenvalue weighted by Gasteiger charge is -2.13. The Bertz CT molecular complexity index is 503. The van der Waals surface area contributed by atoms with Crippen LogP contribution in [0.2, 0.25) is 0 Å². The first kappa shape index (κ1) is 20.6. The quantitative estimate of drug-likeness (QED) is 0.722. The maximum Gasteiger partial charge on any atom is 0.220 e. The van der Waals surface area contributed by atoms with Gasteiger partial charge in [0.1, 0.15) is 0 Å². The number of carbonyl (C=O) groups is 2. The van der Waals surface area contributed by atoms with Crippen LogP contribution in [0.25, 0.3) is 0 Å². The zero-order valence-electron chi connectivity index (χ0n) is 13.9.